The summed E-state index contributed by atoms with van der Waals surface area (Å²) < 4.78 is 25.2. The zero-order chi connectivity index (χ0) is 18.0. The maximum Gasteiger partial charge on any atom is 0.246 e. The lowest BCUT2D eigenvalue weighted by Crippen LogP contribution is -2.34. The molecule has 1 aliphatic heterocycles. The third-order valence-corrected chi connectivity index (χ3v) is 5.93. The number of carbonyl (C=O) groups excluding carboxylic acids is 1. The summed E-state index contributed by atoms with van der Waals surface area (Å²) in [6.07, 6.45) is 2.68. The van der Waals surface area contributed by atoms with Crippen LogP contribution in [-0.2, 0) is 21.2 Å². The van der Waals surface area contributed by atoms with Gasteiger partial charge in [-0.25, -0.2) is 17.7 Å². The predicted octanol–water partition coefficient (Wildman–Crippen LogP) is 1.70. The fourth-order valence-corrected chi connectivity index (χ4v) is 3.50. The van der Waals surface area contributed by atoms with Crippen molar-refractivity contribution in [1.29, 1.82) is 0 Å². The molecule has 2 N–H and O–H groups in total. The highest BCUT2D eigenvalue weighted by molar-refractivity contribution is 7.89. The van der Waals surface area contributed by atoms with Crippen LogP contribution >= 0.6 is 0 Å². The standard InChI is InChI=1S/C17H20N4O3S/c1-21(2)25(23,24)13-8-10-16(18-11-13)19-15-9-7-12-5-3-4-6-14(12)20-17(15)22/h3-6,8,10-11,15H,7,9H2,1-2H3,(H,18,19)(H,20,22). The Morgan fingerprint density at radius 2 is 1.96 bits per heavy atom. The van der Waals surface area contributed by atoms with E-state index in [4.69, 9.17) is 0 Å². The van der Waals surface area contributed by atoms with E-state index in [1.165, 1.54) is 26.4 Å². The molecule has 0 saturated heterocycles. The molecule has 0 saturated carbocycles. The zero-order valence-corrected chi connectivity index (χ0v) is 14.9. The maximum absolute atomic E-state index is 12.4. The molecule has 1 aromatic carbocycles. The number of fused-ring (bicyclic) bond motifs is 1. The maximum atomic E-state index is 12.4. The minimum Gasteiger partial charge on any atom is -0.358 e. The highest BCUT2D eigenvalue weighted by atomic mass is 32.2. The van der Waals surface area contributed by atoms with Gasteiger partial charge in [0.15, 0.2) is 0 Å². The fourth-order valence-electron chi connectivity index (χ4n) is 2.66. The molecule has 2 aromatic rings. The summed E-state index contributed by atoms with van der Waals surface area (Å²) in [7, 11) is -0.581. The van der Waals surface area contributed by atoms with Crippen LogP contribution in [0.25, 0.3) is 0 Å². The summed E-state index contributed by atoms with van der Waals surface area (Å²) in [5.41, 5.74) is 1.93. The second kappa shape index (κ2) is 6.81. The van der Waals surface area contributed by atoms with Crippen molar-refractivity contribution in [1.82, 2.24) is 9.29 Å². The third kappa shape index (κ3) is 3.64. The molecule has 0 spiro atoms. The quantitative estimate of drug-likeness (QED) is 0.866. The van der Waals surface area contributed by atoms with Crippen molar-refractivity contribution in [2.75, 3.05) is 24.7 Å². The highest BCUT2D eigenvalue weighted by Gasteiger charge is 2.24. The van der Waals surface area contributed by atoms with Crippen LogP contribution in [0.5, 0.6) is 0 Å². The van der Waals surface area contributed by atoms with Crippen LogP contribution in [-0.4, -0.2) is 43.8 Å². The van der Waals surface area contributed by atoms with Crippen LogP contribution < -0.4 is 10.6 Å². The van der Waals surface area contributed by atoms with E-state index in [0.717, 1.165) is 22.0 Å². The first-order chi connectivity index (χ1) is 11.9. The number of hydrogen-bond donors (Lipinski definition) is 2. The monoisotopic (exact) mass is 360 g/mol. The molecule has 1 amide bonds. The number of anilines is 2. The number of carbonyl (C=O) groups is 1. The number of aryl methyl sites for hydroxylation is 1. The van der Waals surface area contributed by atoms with E-state index in [-0.39, 0.29) is 10.8 Å². The first kappa shape index (κ1) is 17.4. The summed E-state index contributed by atoms with van der Waals surface area (Å²) in [4.78, 5) is 16.6. The van der Waals surface area contributed by atoms with Crippen LogP contribution in [0.2, 0.25) is 0 Å². The van der Waals surface area contributed by atoms with Gasteiger partial charge < -0.3 is 10.6 Å². The molecule has 3 rings (SSSR count). The number of rotatable bonds is 4. The van der Waals surface area contributed by atoms with E-state index in [9.17, 15) is 13.2 Å². The third-order valence-electron chi connectivity index (χ3n) is 4.13. The molecule has 2 heterocycles. The van der Waals surface area contributed by atoms with Crippen molar-refractivity contribution < 1.29 is 13.2 Å². The van der Waals surface area contributed by atoms with Gasteiger partial charge in [-0.15, -0.1) is 0 Å². The summed E-state index contributed by atoms with van der Waals surface area (Å²) >= 11 is 0. The summed E-state index contributed by atoms with van der Waals surface area (Å²) in [5, 5.41) is 5.99. The smallest absolute Gasteiger partial charge is 0.246 e. The molecular formula is C17H20N4O3S. The number of nitrogens with zero attached hydrogens (tertiary/aromatic N) is 2. The molecule has 25 heavy (non-hydrogen) atoms. The highest BCUT2D eigenvalue weighted by Crippen LogP contribution is 2.23. The Hall–Kier alpha value is -2.45. The van der Waals surface area contributed by atoms with Crippen LogP contribution in [0.15, 0.2) is 47.5 Å². The van der Waals surface area contributed by atoms with Gasteiger partial charge >= 0.3 is 0 Å². The van der Waals surface area contributed by atoms with Gasteiger partial charge in [0.2, 0.25) is 15.9 Å². The van der Waals surface area contributed by atoms with Gasteiger partial charge in [0.25, 0.3) is 0 Å². The minimum atomic E-state index is -3.52. The summed E-state index contributed by atoms with van der Waals surface area (Å²) in [6.45, 7) is 0. The number of hydrogen-bond acceptors (Lipinski definition) is 5. The summed E-state index contributed by atoms with van der Waals surface area (Å²) in [5.74, 6) is 0.334. The van der Waals surface area contributed by atoms with Crippen LogP contribution in [0.3, 0.4) is 0 Å². The van der Waals surface area contributed by atoms with Gasteiger partial charge in [0.1, 0.15) is 16.8 Å². The van der Waals surface area contributed by atoms with E-state index >= 15 is 0 Å². The lowest BCUT2D eigenvalue weighted by molar-refractivity contribution is -0.116. The van der Waals surface area contributed by atoms with Gasteiger partial charge in [-0.05, 0) is 36.6 Å². The minimum absolute atomic E-state index is 0.112. The second-order valence-electron chi connectivity index (χ2n) is 6.05. The van der Waals surface area contributed by atoms with E-state index < -0.39 is 16.1 Å². The van der Waals surface area contributed by atoms with Crippen molar-refractivity contribution in [2.24, 2.45) is 0 Å². The normalized spacial score (nSPS) is 17.6. The van der Waals surface area contributed by atoms with Crippen LogP contribution in [0.4, 0.5) is 11.5 Å². The van der Waals surface area contributed by atoms with E-state index in [0.29, 0.717) is 12.2 Å². The first-order valence-corrected chi connectivity index (χ1v) is 9.36. The molecular weight excluding hydrogens is 340 g/mol. The average Bonchev–Trinajstić information content (AvgIpc) is 2.74. The molecule has 0 aliphatic carbocycles. The number of nitrogens with one attached hydrogen (secondary N) is 2. The summed E-state index contributed by atoms with van der Waals surface area (Å²) in [6, 6.07) is 10.3. The molecule has 0 bridgehead atoms. The number of aromatic nitrogens is 1. The van der Waals surface area contributed by atoms with Gasteiger partial charge in [-0.2, -0.15) is 0 Å². The number of benzene rings is 1. The molecule has 7 nitrogen and oxygen atoms in total. The zero-order valence-electron chi connectivity index (χ0n) is 14.1. The Labute approximate surface area is 147 Å². The molecule has 0 fully saturated rings. The Morgan fingerprint density at radius 3 is 2.64 bits per heavy atom. The van der Waals surface area contributed by atoms with Crippen molar-refractivity contribution in [2.45, 2.75) is 23.8 Å². The van der Waals surface area contributed by atoms with Gasteiger partial charge in [-0.3, -0.25) is 4.79 Å². The molecule has 1 aromatic heterocycles. The molecule has 1 unspecified atom stereocenters. The van der Waals surface area contributed by atoms with Crippen molar-refractivity contribution >= 4 is 27.4 Å². The topological polar surface area (TPSA) is 91.4 Å². The fraction of sp³-hybridized carbons (Fsp3) is 0.294. The number of para-hydroxylation sites is 1. The number of pyridine rings is 1. The van der Waals surface area contributed by atoms with Crippen molar-refractivity contribution in [3.63, 3.8) is 0 Å². The predicted molar refractivity (Wildman–Crippen MR) is 95.9 cm³/mol. The Kier molecular flexibility index (Phi) is 4.73. The number of sulfonamides is 1. The van der Waals surface area contributed by atoms with Gasteiger partial charge in [0, 0.05) is 26.0 Å². The number of amides is 1. The van der Waals surface area contributed by atoms with Gasteiger partial charge in [-0.1, -0.05) is 18.2 Å². The van der Waals surface area contributed by atoms with Crippen LogP contribution in [0, 0.1) is 0 Å². The van der Waals surface area contributed by atoms with Gasteiger partial charge in [0.05, 0.1) is 0 Å². The van der Waals surface area contributed by atoms with E-state index in [1.54, 1.807) is 6.07 Å². The lowest BCUT2D eigenvalue weighted by Gasteiger charge is -2.16. The van der Waals surface area contributed by atoms with E-state index in [2.05, 4.69) is 15.6 Å². The second-order valence-corrected chi connectivity index (χ2v) is 8.20. The van der Waals surface area contributed by atoms with Crippen molar-refractivity contribution in [3.05, 3.63) is 48.2 Å². The molecule has 1 atom stereocenters. The van der Waals surface area contributed by atoms with Crippen LogP contribution in [0.1, 0.15) is 12.0 Å². The Bertz CT molecular complexity index is 879. The largest absolute Gasteiger partial charge is 0.358 e. The molecule has 8 heteroatoms. The SMILES string of the molecule is CN(C)S(=O)(=O)c1ccc(NC2CCc3ccccc3NC2=O)nc1. The first-order valence-electron chi connectivity index (χ1n) is 7.92. The molecule has 132 valence electrons. The lowest BCUT2D eigenvalue weighted by atomic mass is 10.1. The Morgan fingerprint density at radius 1 is 1.20 bits per heavy atom. The van der Waals surface area contributed by atoms with Crippen molar-refractivity contribution in [3.8, 4) is 0 Å². The molecule has 0 radical (unpaired) electrons. The Balaban J connectivity index is 1.74. The average molecular weight is 360 g/mol. The molecule has 1 aliphatic rings. The van der Waals surface area contributed by atoms with E-state index in [1.807, 2.05) is 24.3 Å².